The van der Waals surface area contributed by atoms with E-state index in [0.29, 0.717) is 5.88 Å². The third-order valence-electron chi connectivity index (χ3n) is 4.16. The van der Waals surface area contributed by atoms with Gasteiger partial charge in [-0.15, -0.1) is 11.6 Å². The van der Waals surface area contributed by atoms with Gasteiger partial charge in [-0.3, -0.25) is 4.68 Å². The summed E-state index contributed by atoms with van der Waals surface area (Å²) in [6, 6.07) is 0. The van der Waals surface area contributed by atoms with Crippen LogP contribution in [0, 0.1) is 0 Å². The fraction of sp³-hybridized carbons (Fsp3) is 0.714. The van der Waals surface area contributed by atoms with Crippen LogP contribution in [0.25, 0.3) is 11.2 Å². The van der Waals surface area contributed by atoms with Crippen molar-refractivity contribution in [3.63, 3.8) is 0 Å². The molecular formula is C14H21ClN4O. The molecule has 0 aliphatic carbocycles. The Kier molecular flexibility index (Phi) is 3.50. The van der Waals surface area contributed by atoms with Gasteiger partial charge in [0.05, 0.1) is 17.8 Å². The lowest BCUT2D eigenvalue weighted by molar-refractivity contribution is 0.161. The molecule has 1 fully saturated rings. The molecule has 2 aromatic rings. The minimum atomic E-state index is -0.0467. The first-order valence-electron chi connectivity index (χ1n) is 7.18. The van der Waals surface area contributed by atoms with Crippen LogP contribution in [0.5, 0.6) is 0 Å². The number of fused-ring (bicyclic) bond motifs is 1. The molecule has 1 unspecified atom stereocenters. The monoisotopic (exact) mass is 296 g/mol. The Labute approximate surface area is 123 Å². The van der Waals surface area contributed by atoms with Crippen LogP contribution in [0.2, 0.25) is 0 Å². The highest BCUT2D eigenvalue weighted by Gasteiger charge is 2.36. The second kappa shape index (κ2) is 5.04. The minimum absolute atomic E-state index is 0.0467. The van der Waals surface area contributed by atoms with Crippen molar-refractivity contribution in [3.05, 3.63) is 11.5 Å². The average molecular weight is 297 g/mol. The highest BCUT2D eigenvalue weighted by Crippen LogP contribution is 2.33. The Morgan fingerprint density at radius 3 is 2.85 bits per heavy atom. The molecule has 0 radical (unpaired) electrons. The molecule has 1 aliphatic heterocycles. The topological polar surface area (TPSA) is 44.9 Å². The lowest BCUT2D eigenvalue weighted by atomic mass is 10.0. The molecule has 6 heteroatoms. The summed E-state index contributed by atoms with van der Waals surface area (Å²) in [7, 11) is 1.99. The summed E-state index contributed by atoms with van der Waals surface area (Å²) in [5.41, 5.74) is 3.12. The van der Waals surface area contributed by atoms with E-state index >= 15 is 0 Å². The van der Waals surface area contributed by atoms with Crippen molar-refractivity contribution in [2.45, 2.75) is 38.6 Å². The predicted octanol–water partition coefficient (Wildman–Crippen LogP) is 2.25. The van der Waals surface area contributed by atoms with E-state index in [9.17, 15) is 0 Å². The van der Waals surface area contributed by atoms with Crippen molar-refractivity contribution >= 4 is 22.8 Å². The van der Waals surface area contributed by atoms with Crippen molar-refractivity contribution in [1.29, 1.82) is 0 Å². The van der Waals surface area contributed by atoms with Gasteiger partial charge in [-0.05, 0) is 19.8 Å². The minimum Gasteiger partial charge on any atom is -0.379 e. The van der Waals surface area contributed by atoms with Crippen molar-refractivity contribution in [2.24, 2.45) is 7.05 Å². The second-order valence-electron chi connectivity index (χ2n) is 5.70. The van der Waals surface area contributed by atoms with Gasteiger partial charge in [0.2, 0.25) is 0 Å². The van der Waals surface area contributed by atoms with E-state index in [1.165, 1.54) is 0 Å². The van der Waals surface area contributed by atoms with Crippen LogP contribution in [-0.4, -0.2) is 38.4 Å². The SMILES string of the molecule is CCc1nn(C)c2c1nc(CCCl)n2C1(C)CCOC1. The normalized spacial score (nSPS) is 23.0. The number of alkyl halides is 1. The van der Waals surface area contributed by atoms with Gasteiger partial charge in [0.1, 0.15) is 11.3 Å². The van der Waals surface area contributed by atoms with E-state index in [1.807, 2.05) is 11.7 Å². The van der Waals surface area contributed by atoms with Crippen molar-refractivity contribution in [1.82, 2.24) is 19.3 Å². The van der Waals surface area contributed by atoms with Gasteiger partial charge in [0.15, 0.2) is 5.65 Å². The standard InChI is InChI=1S/C14H21ClN4O/c1-4-10-12-13(18(3)17-10)19(11(16-12)5-7-15)14(2)6-8-20-9-14/h4-9H2,1-3H3. The van der Waals surface area contributed by atoms with Crippen molar-refractivity contribution in [2.75, 3.05) is 19.1 Å². The number of aromatic nitrogens is 4. The van der Waals surface area contributed by atoms with Crippen molar-refractivity contribution in [3.8, 4) is 0 Å². The molecule has 2 aromatic heterocycles. The third kappa shape index (κ3) is 1.95. The molecule has 3 rings (SSSR count). The van der Waals surface area contributed by atoms with E-state index in [4.69, 9.17) is 21.3 Å². The van der Waals surface area contributed by atoms with Crippen molar-refractivity contribution < 1.29 is 4.74 Å². The van der Waals surface area contributed by atoms with Gasteiger partial charge < -0.3 is 9.30 Å². The first-order valence-corrected chi connectivity index (χ1v) is 7.71. The molecule has 20 heavy (non-hydrogen) atoms. The van der Waals surface area contributed by atoms with Gasteiger partial charge in [-0.2, -0.15) is 5.10 Å². The molecule has 0 N–H and O–H groups in total. The molecule has 0 saturated carbocycles. The van der Waals surface area contributed by atoms with Crippen LogP contribution in [0.1, 0.15) is 31.8 Å². The van der Waals surface area contributed by atoms with Crippen LogP contribution in [0.4, 0.5) is 0 Å². The smallest absolute Gasteiger partial charge is 0.159 e. The largest absolute Gasteiger partial charge is 0.379 e. The summed E-state index contributed by atoms with van der Waals surface area (Å²) in [5.74, 6) is 1.63. The number of imidazole rings is 1. The molecule has 0 spiro atoms. The predicted molar refractivity (Wildman–Crippen MR) is 79.4 cm³/mol. The lowest BCUT2D eigenvalue weighted by Gasteiger charge is -2.27. The molecular weight excluding hydrogens is 276 g/mol. The van der Waals surface area contributed by atoms with E-state index < -0.39 is 0 Å². The summed E-state index contributed by atoms with van der Waals surface area (Å²) in [6.45, 7) is 5.87. The Balaban J connectivity index is 2.26. The van der Waals surface area contributed by atoms with E-state index in [-0.39, 0.29) is 5.54 Å². The third-order valence-corrected chi connectivity index (χ3v) is 4.35. The number of halogens is 1. The van der Waals surface area contributed by atoms with E-state index in [1.54, 1.807) is 0 Å². The van der Waals surface area contributed by atoms with E-state index in [2.05, 4.69) is 23.5 Å². The van der Waals surface area contributed by atoms with Gasteiger partial charge >= 0.3 is 0 Å². The van der Waals surface area contributed by atoms with Gasteiger partial charge in [-0.25, -0.2) is 4.98 Å². The number of aryl methyl sites for hydroxylation is 3. The van der Waals surface area contributed by atoms with Gasteiger partial charge in [-0.1, -0.05) is 6.92 Å². The molecule has 1 atom stereocenters. The molecule has 110 valence electrons. The molecule has 0 bridgehead atoms. The molecule has 1 aliphatic rings. The Hall–Kier alpha value is -1.07. The fourth-order valence-corrected chi connectivity index (χ4v) is 3.28. The highest BCUT2D eigenvalue weighted by molar-refractivity contribution is 6.17. The number of hydrogen-bond donors (Lipinski definition) is 0. The average Bonchev–Trinajstić information content (AvgIpc) is 3.07. The number of rotatable bonds is 4. The van der Waals surface area contributed by atoms with Crippen LogP contribution < -0.4 is 0 Å². The van der Waals surface area contributed by atoms with Crippen LogP contribution in [-0.2, 0) is 30.2 Å². The second-order valence-corrected chi connectivity index (χ2v) is 6.08. The fourth-order valence-electron chi connectivity index (χ4n) is 3.11. The Bertz CT molecular complexity index is 625. The number of nitrogens with zero attached hydrogens (tertiary/aromatic N) is 4. The molecule has 3 heterocycles. The summed E-state index contributed by atoms with van der Waals surface area (Å²) in [5, 5.41) is 4.59. The number of hydrogen-bond acceptors (Lipinski definition) is 3. The maximum absolute atomic E-state index is 5.96. The quantitative estimate of drug-likeness (QED) is 0.813. The highest BCUT2D eigenvalue weighted by atomic mass is 35.5. The van der Waals surface area contributed by atoms with Crippen LogP contribution >= 0.6 is 11.6 Å². The summed E-state index contributed by atoms with van der Waals surface area (Å²) < 4.78 is 9.88. The molecule has 5 nitrogen and oxygen atoms in total. The van der Waals surface area contributed by atoms with E-state index in [0.717, 1.165) is 55.2 Å². The Morgan fingerprint density at radius 1 is 1.45 bits per heavy atom. The zero-order chi connectivity index (χ0) is 14.3. The lowest BCUT2D eigenvalue weighted by Crippen LogP contribution is -2.33. The van der Waals surface area contributed by atoms with Crippen LogP contribution in [0.3, 0.4) is 0 Å². The molecule has 1 saturated heterocycles. The van der Waals surface area contributed by atoms with Gasteiger partial charge in [0, 0.05) is 26.0 Å². The number of ether oxygens (including phenoxy) is 1. The first-order chi connectivity index (χ1) is 9.60. The summed E-state index contributed by atoms with van der Waals surface area (Å²) >= 11 is 5.96. The maximum atomic E-state index is 5.96. The zero-order valence-corrected chi connectivity index (χ0v) is 13.1. The van der Waals surface area contributed by atoms with Crippen LogP contribution in [0.15, 0.2) is 0 Å². The summed E-state index contributed by atoms with van der Waals surface area (Å²) in [4.78, 5) is 4.82. The van der Waals surface area contributed by atoms with Gasteiger partial charge in [0.25, 0.3) is 0 Å². The maximum Gasteiger partial charge on any atom is 0.159 e. The first kappa shape index (κ1) is 13.9. The molecule has 0 amide bonds. The summed E-state index contributed by atoms with van der Waals surface area (Å²) in [6.07, 6.45) is 2.66. The zero-order valence-electron chi connectivity index (χ0n) is 12.3. The Morgan fingerprint density at radius 2 is 2.25 bits per heavy atom. The molecule has 0 aromatic carbocycles.